The van der Waals surface area contributed by atoms with E-state index in [0.29, 0.717) is 12.2 Å². The van der Waals surface area contributed by atoms with Crippen molar-refractivity contribution >= 4 is 21.8 Å². The Morgan fingerprint density at radius 3 is 2.70 bits per heavy atom. The predicted octanol–water partition coefficient (Wildman–Crippen LogP) is 3.88. The Morgan fingerprint density at radius 1 is 1.30 bits per heavy atom. The molecule has 1 aliphatic carbocycles. The molecule has 0 aromatic heterocycles. The molecule has 2 fully saturated rings. The number of hydrogen-bond acceptors (Lipinski definition) is 4. The van der Waals surface area contributed by atoms with Crippen molar-refractivity contribution in [3.8, 4) is 0 Å². The van der Waals surface area contributed by atoms with E-state index in [2.05, 4.69) is 10.8 Å². The van der Waals surface area contributed by atoms with E-state index in [9.17, 15) is 13.2 Å². The molecule has 6 nitrogen and oxygen atoms in total. The molecule has 7 heteroatoms. The Labute approximate surface area is 162 Å². The molecule has 1 aromatic carbocycles. The Hall–Kier alpha value is -1.76. The zero-order valence-electron chi connectivity index (χ0n) is 16.6. The number of fused-ring (bicyclic) bond motifs is 2. The summed E-state index contributed by atoms with van der Waals surface area (Å²) in [5.74, 6) is 0. The molecule has 1 heterocycles. The highest BCUT2D eigenvalue weighted by molar-refractivity contribution is 7.92. The molecule has 2 unspecified atom stereocenters. The third-order valence-electron chi connectivity index (χ3n) is 5.50. The van der Waals surface area contributed by atoms with E-state index in [1.807, 2.05) is 37.8 Å². The first-order valence-electron chi connectivity index (χ1n) is 9.55. The second-order valence-corrected chi connectivity index (χ2v) is 10.7. The van der Waals surface area contributed by atoms with Crippen molar-refractivity contribution in [2.75, 3.05) is 17.5 Å². The molecule has 2 aliphatic rings. The summed E-state index contributed by atoms with van der Waals surface area (Å²) in [6.07, 6.45) is 5.80. The number of carbonyl (C=O) groups excluding carboxylic acids is 1. The molecule has 1 N–H and O–H groups in total. The zero-order chi connectivity index (χ0) is 19.9. The van der Waals surface area contributed by atoms with E-state index in [-0.39, 0.29) is 17.6 Å². The van der Waals surface area contributed by atoms with E-state index >= 15 is 0 Å². The summed E-state index contributed by atoms with van der Waals surface area (Å²) in [6.45, 7) is 6.34. The second-order valence-electron chi connectivity index (χ2n) is 8.91. The van der Waals surface area contributed by atoms with Crippen molar-refractivity contribution in [2.24, 2.45) is 0 Å². The largest absolute Gasteiger partial charge is 0.444 e. The lowest BCUT2D eigenvalue weighted by Gasteiger charge is -2.50. The number of likely N-dealkylation sites (tertiary alicyclic amines) is 1. The fraction of sp³-hybridized carbons (Fsp3) is 0.650. The standard InChI is InChI=1S/C20H30N2O4S/c1-19(2,3)26-18(23)22-12-11-20(10-6-9-17(22)14-20)15-7-5-8-16(13-15)21-27(4,24)25/h5,7-8,13,17,21H,6,9-12,14H2,1-4H3. The molecule has 2 atom stereocenters. The minimum atomic E-state index is -3.30. The van der Waals surface area contributed by atoms with Gasteiger partial charge in [-0.25, -0.2) is 13.2 Å². The molecular weight excluding hydrogens is 364 g/mol. The average Bonchev–Trinajstić information content (AvgIpc) is 2.52. The predicted molar refractivity (Wildman–Crippen MR) is 106 cm³/mol. The van der Waals surface area contributed by atoms with Crippen LogP contribution in [0.3, 0.4) is 0 Å². The molecule has 2 bridgehead atoms. The number of carbonyl (C=O) groups is 1. The molecule has 3 rings (SSSR count). The number of benzene rings is 1. The number of nitrogens with zero attached hydrogens (tertiary/aromatic N) is 1. The molecule has 0 spiro atoms. The number of ether oxygens (including phenoxy) is 1. The average molecular weight is 395 g/mol. The van der Waals surface area contributed by atoms with Gasteiger partial charge in [0.05, 0.1) is 6.26 Å². The number of nitrogens with one attached hydrogen (secondary N) is 1. The first kappa shape index (κ1) is 20.0. The van der Waals surface area contributed by atoms with Crippen LogP contribution in [0.15, 0.2) is 24.3 Å². The van der Waals surface area contributed by atoms with Gasteiger partial charge in [0.2, 0.25) is 10.0 Å². The highest BCUT2D eigenvalue weighted by Crippen LogP contribution is 2.47. The number of piperidine rings is 1. The van der Waals surface area contributed by atoms with Crippen molar-refractivity contribution < 1.29 is 17.9 Å². The first-order valence-corrected chi connectivity index (χ1v) is 11.4. The van der Waals surface area contributed by atoms with E-state index in [0.717, 1.165) is 43.9 Å². The fourth-order valence-electron chi connectivity index (χ4n) is 4.44. The highest BCUT2D eigenvalue weighted by Gasteiger charge is 2.45. The minimum absolute atomic E-state index is 0.00335. The molecule has 1 saturated heterocycles. The highest BCUT2D eigenvalue weighted by atomic mass is 32.2. The maximum Gasteiger partial charge on any atom is 0.410 e. The zero-order valence-corrected chi connectivity index (χ0v) is 17.4. The van der Waals surface area contributed by atoms with Crippen molar-refractivity contribution in [1.82, 2.24) is 4.90 Å². The van der Waals surface area contributed by atoms with Gasteiger partial charge in [-0.15, -0.1) is 0 Å². The lowest BCUT2D eigenvalue weighted by atomic mass is 9.63. The van der Waals surface area contributed by atoms with Gasteiger partial charge in [-0.2, -0.15) is 0 Å². The van der Waals surface area contributed by atoms with Gasteiger partial charge in [-0.1, -0.05) is 18.6 Å². The lowest BCUT2D eigenvalue weighted by molar-refractivity contribution is -0.00868. The van der Waals surface area contributed by atoms with Gasteiger partial charge in [0.25, 0.3) is 0 Å². The Balaban J connectivity index is 1.81. The summed E-state index contributed by atoms with van der Waals surface area (Å²) >= 11 is 0. The summed E-state index contributed by atoms with van der Waals surface area (Å²) in [7, 11) is -3.30. The van der Waals surface area contributed by atoms with Crippen LogP contribution in [0.2, 0.25) is 0 Å². The van der Waals surface area contributed by atoms with Crippen molar-refractivity contribution in [3.63, 3.8) is 0 Å². The van der Waals surface area contributed by atoms with Crippen LogP contribution in [-0.4, -0.2) is 43.9 Å². The number of amides is 1. The number of sulfonamides is 1. The quantitative estimate of drug-likeness (QED) is 0.844. The van der Waals surface area contributed by atoms with Gasteiger partial charge in [0.15, 0.2) is 0 Å². The molecule has 1 saturated carbocycles. The van der Waals surface area contributed by atoms with Crippen molar-refractivity contribution in [2.45, 2.75) is 69.9 Å². The Kier molecular flexibility index (Phi) is 5.18. The molecule has 150 valence electrons. The van der Waals surface area contributed by atoms with Crippen LogP contribution in [0.25, 0.3) is 0 Å². The van der Waals surface area contributed by atoms with Gasteiger partial charge in [0.1, 0.15) is 5.60 Å². The van der Waals surface area contributed by atoms with E-state index in [1.54, 1.807) is 6.07 Å². The SMILES string of the molecule is CC(C)(C)OC(=O)N1CCC2(c3cccc(NS(C)(=O)=O)c3)CCCC1C2. The van der Waals surface area contributed by atoms with Crippen LogP contribution in [0.4, 0.5) is 10.5 Å². The summed E-state index contributed by atoms with van der Waals surface area (Å²) < 4.78 is 31.3. The van der Waals surface area contributed by atoms with E-state index < -0.39 is 15.6 Å². The van der Waals surface area contributed by atoms with Crippen LogP contribution >= 0.6 is 0 Å². The monoisotopic (exact) mass is 394 g/mol. The summed E-state index contributed by atoms with van der Waals surface area (Å²) in [6, 6.07) is 7.89. The molecule has 1 aromatic rings. The first-order chi connectivity index (χ1) is 12.5. The maximum atomic E-state index is 12.6. The van der Waals surface area contributed by atoms with Gasteiger partial charge < -0.3 is 9.64 Å². The summed E-state index contributed by atoms with van der Waals surface area (Å²) in [4.78, 5) is 14.5. The van der Waals surface area contributed by atoms with Crippen LogP contribution in [-0.2, 0) is 20.2 Å². The fourth-order valence-corrected chi connectivity index (χ4v) is 4.99. The minimum Gasteiger partial charge on any atom is -0.444 e. The third-order valence-corrected chi connectivity index (χ3v) is 6.10. The molecule has 1 aliphatic heterocycles. The van der Waals surface area contributed by atoms with Crippen molar-refractivity contribution in [1.29, 1.82) is 0 Å². The second kappa shape index (κ2) is 7.00. The van der Waals surface area contributed by atoms with Crippen LogP contribution in [0.1, 0.15) is 58.4 Å². The van der Waals surface area contributed by atoms with E-state index in [1.165, 1.54) is 0 Å². The number of hydrogen-bond donors (Lipinski definition) is 1. The van der Waals surface area contributed by atoms with Crippen LogP contribution in [0, 0.1) is 0 Å². The molecular formula is C20H30N2O4S. The molecule has 0 radical (unpaired) electrons. The van der Waals surface area contributed by atoms with E-state index in [4.69, 9.17) is 4.74 Å². The topological polar surface area (TPSA) is 75.7 Å². The Bertz CT molecular complexity index is 816. The molecule has 1 amide bonds. The third kappa shape index (κ3) is 4.75. The summed E-state index contributed by atoms with van der Waals surface area (Å²) in [5, 5.41) is 0. The lowest BCUT2D eigenvalue weighted by Crippen LogP contribution is -2.54. The normalized spacial score (nSPS) is 25.8. The summed E-state index contributed by atoms with van der Waals surface area (Å²) in [5.41, 5.74) is 1.26. The van der Waals surface area contributed by atoms with Gasteiger partial charge in [0, 0.05) is 18.3 Å². The number of anilines is 1. The van der Waals surface area contributed by atoms with Crippen molar-refractivity contribution in [3.05, 3.63) is 29.8 Å². The smallest absolute Gasteiger partial charge is 0.410 e. The van der Waals surface area contributed by atoms with Gasteiger partial charge in [-0.05, 0) is 69.6 Å². The van der Waals surface area contributed by atoms with Gasteiger partial charge in [-0.3, -0.25) is 4.72 Å². The molecule has 27 heavy (non-hydrogen) atoms. The van der Waals surface area contributed by atoms with Crippen LogP contribution < -0.4 is 4.72 Å². The van der Waals surface area contributed by atoms with Crippen LogP contribution in [0.5, 0.6) is 0 Å². The number of rotatable bonds is 3. The van der Waals surface area contributed by atoms with Gasteiger partial charge >= 0.3 is 6.09 Å². The Morgan fingerprint density at radius 2 is 2.04 bits per heavy atom. The maximum absolute atomic E-state index is 12.6.